The van der Waals surface area contributed by atoms with Gasteiger partial charge in [0.2, 0.25) is 0 Å². The lowest BCUT2D eigenvalue weighted by Crippen LogP contribution is -1.98. The van der Waals surface area contributed by atoms with E-state index in [1.54, 1.807) is 0 Å². The molecule has 0 fully saturated rings. The van der Waals surface area contributed by atoms with E-state index in [4.69, 9.17) is 10.00 Å². The molecule has 2 heteroatoms. The number of aryl methyl sites for hydroxylation is 3. The summed E-state index contributed by atoms with van der Waals surface area (Å²) < 4.78 is 5.55. The summed E-state index contributed by atoms with van der Waals surface area (Å²) in [5.41, 5.74) is 3.77. The van der Waals surface area contributed by atoms with Crippen molar-refractivity contribution in [2.75, 3.05) is 6.61 Å². The monoisotopic (exact) mass is 217 g/mol. The maximum Gasteiger partial charge on any atom is 0.122 e. The summed E-state index contributed by atoms with van der Waals surface area (Å²) in [6, 6.07) is 6.46. The van der Waals surface area contributed by atoms with Crippen molar-refractivity contribution in [3.05, 3.63) is 28.8 Å². The van der Waals surface area contributed by atoms with Crippen LogP contribution in [0.5, 0.6) is 5.75 Å². The van der Waals surface area contributed by atoms with E-state index in [0.29, 0.717) is 13.0 Å². The Kier molecular flexibility index (Phi) is 4.85. The number of hydrogen-bond donors (Lipinski definition) is 0. The molecule has 0 bridgehead atoms. The van der Waals surface area contributed by atoms with Gasteiger partial charge in [0.1, 0.15) is 5.75 Å². The molecule has 0 radical (unpaired) electrons. The molecule has 0 amide bonds. The van der Waals surface area contributed by atoms with Crippen LogP contribution in [-0.4, -0.2) is 6.61 Å². The van der Waals surface area contributed by atoms with Crippen LogP contribution in [0.1, 0.15) is 36.5 Å². The summed E-state index contributed by atoms with van der Waals surface area (Å²) in [5.74, 6) is 0.976. The molecule has 0 spiro atoms. The number of unbranched alkanes of at least 4 members (excludes halogenated alkanes) is 1. The third kappa shape index (κ3) is 3.27. The fourth-order valence-corrected chi connectivity index (χ4v) is 1.79. The van der Waals surface area contributed by atoms with Crippen LogP contribution >= 0.6 is 0 Å². The number of rotatable bonds is 5. The van der Waals surface area contributed by atoms with Crippen LogP contribution in [0.4, 0.5) is 0 Å². The molecule has 0 heterocycles. The van der Waals surface area contributed by atoms with Gasteiger partial charge in [-0.1, -0.05) is 6.07 Å². The van der Waals surface area contributed by atoms with Gasteiger partial charge in [0.05, 0.1) is 12.7 Å². The summed E-state index contributed by atoms with van der Waals surface area (Å²) in [6.07, 6.45) is 2.54. The minimum atomic E-state index is 0.631. The first-order valence-corrected chi connectivity index (χ1v) is 5.79. The van der Waals surface area contributed by atoms with Gasteiger partial charge in [-0.05, 0) is 56.4 Å². The molecule has 0 aliphatic carbocycles. The highest BCUT2D eigenvalue weighted by Gasteiger charge is 2.05. The number of hydrogen-bond acceptors (Lipinski definition) is 2. The van der Waals surface area contributed by atoms with Crippen molar-refractivity contribution in [2.45, 2.75) is 40.0 Å². The van der Waals surface area contributed by atoms with Gasteiger partial charge in [-0.15, -0.1) is 0 Å². The molecule has 0 unspecified atom stereocenters. The molecule has 0 saturated heterocycles. The van der Waals surface area contributed by atoms with E-state index in [-0.39, 0.29) is 0 Å². The van der Waals surface area contributed by atoms with Crippen LogP contribution in [0.3, 0.4) is 0 Å². The van der Waals surface area contributed by atoms with E-state index in [1.807, 2.05) is 6.92 Å². The molecule has 1 rings (SSSR count). The lowest BCUT2D eigenvalue weighted by molar-refractivity contribution is 0.337. The molecule has 0 aliphatic rings. The van der Waals surface area contributed by atoms with E-state index in [2.05, 4.69) is 32.0 Å². The Morgan fingerprint density at radius 2 is 2.00 bits per heavy atom. The van der Waals surface area contributed by atoms with Crippen LogP contribution < -0.4 is 4.74 Å². The Labute approximate surface area is 97.9 Å². The summed E-state index contributed by atoms with van der Waals surface area (Å²) in [4.78, 5) is 0. The maximum atomic E-state index is 8.51. The number of nitrogens with zero attached hydrogens (tertiary/aromatic N) is 1. The van der Waals surface area contributed by atoms with Crippen molar-refractivity contribution in [3.8, 4) is 11.8 Å². The summed E-state index contributed by atoms with van der Waals surface area (Å²) in [5, 5.41) is 8.51. The second kappa shape index (κ2) is 6.17. The minimum Gasteiger partial charge on any atom is -0.494 e. The molecular weight excluding hydrogens is 198 g/mol. The molecule has 16 heavy (non-hydrogen) atoms. The third-order valence-electron chi connectivity index (χ3n) is 2.67. The van der Waals surface area contributed by atoms with Gasteiger partial charge < -0.3 is 4.74 Å². The third-order valence-corrected chi connectivity index (χ3v) is 2.67. The van der Waals surface area contributed by atoms with Crippen LogP contribution in [0.15, 0.2) is 12.1 Å². The smallest absolute Gasteiger partial charge is 0.122 e. The zero-order valence-corrected chi connectivity index (χ0v) is 10.3. The number of benzene rings is 1. The molecule has 86 valence electrons. The lowest BCUT2D eigenvalue weighted by atomic mass is 10.00. The Morgan fingerprint density at radius 3 is 2.62 bits per heavy atom. The van der Waals surface area contributed by atoms with E-state index in [0.717, 1.165) is 18.6 Å². The van der Waals surface area contributed by atoms with E-state index < -0.39 is 0 Å². The summed E-state index contributed by atoms with van der Waals surface area (Å²) in [7, 11) is 0. The van der Waals surface area contributed by atoms with E-state index in [1.165, 1.54) is 16.7 Å². The Hall–Kier alpha value is -1.49. The topological polar surface area (TPSA) is 33.0 Å². The van der Waals surface area contributed by atoms with Gasteiger partial charge >= 0.3 is 0 Å². The standard InChI is InChI=1S/C14H19NO/c1-4-16-14-10-11(2)13(9-12(14)3)7-5-6-8-15/h9-10H,4-7H2,1-3H3. The molecule has 1 aromatic carbocycles. The second-order valence-corrected chi connectivity index (χ2v) is 3.99. The highest BCUT2D eigenvalue weighted by atomic mass is 16.5. The summed E-state index contributed by atoms with van der Waals surface area (Å²) in [6.45, 7) is 6.87. The molecular formula is C14H19NO. The number of ether oxygens (including phenoxy) is 1. The molecule has 0 aliphatic heterocycles. The fourth-order valence-electron chi connectivity index (χ4n) is 1.79. The van der Waals surface area contributed by atoms with Crippen LogP contribution in [-0.2, 0) is 6.42 Å². The van der Waals surface area contributed by atoms with Crippen molar-refractivity contribution < 1.29 is 4.74 Å². The zero-order valence-electron chi connectivity index (χ0n) is 10.3. The molecule has 0 aromatic heterocycles. The highest BCUT2D eigenvalue weighted by molar-refractivity contribution is 5.41. The first-order chi connectivity index (χ1) is 7.69. The van der Waals surface area contributed by atoms with Gasteiger partial charge in [-0.2, -0.15) is 5.26 Å². The second-order valence-electron chi connectivity index (χ2n) is 3.99. The maximum absolute atomic E-state index is 8.51. The van der Waals surface area contributed by atoms with Gasteiger partial charge in [0, 0.05) is 6.42 Å². The Bertz CT molecular complexity index is 390. The Morgan fingerprint density at radius 1 is 1.25 bits per heavy atom. The van der Waals surface area contributed by atoms with E-state index in [9.17, 15) is 0 Å². The van der Waals surface area contributed by atoms with Crippen LogP contribution in [0, 0.1) is 25.2 Å². The van der Waals surface area contributed by atoms with Gasteiger partial charge in [-0.25, -0.2) is 0 Å². The average molecular weight is 217 g/mol. The SMILES string of the molecule is CCOc1cc(C)c(CCCC#N)cc1C. The Balaban J connectivity index is 2.80. The van der Waals surface area contributed by atoms with Crippen LogP contribution in [0.2, 0.25) is 0 Å². The molecule has 2 nitrogen and oxygen atoms in total. The van der Waals surface area contributed by atoms with Crippen molar-refractivity contribution in [1.82, 2.24) is 0 Å². The first kappa shape index (κ1) is 12.6. The zero-order chi connectivity index (χ0) is 12.0. The predicted octanol–water partition coefficient (Wildman–Crippen LogP) is 3.55. The highest BCUT2D eigenvalue weighted by Crippen LogP contribution is 2.23. The summed E-state index contributed by atoms with van der Waals surface area (Å²) >= 11 is 0. The molecule has 1 aromatic rings. The average Bonchev–Trinajstić information content (AvgIpc) is 2.25. The van der Waals surface area contributed by atoms with Gasteiger partial charge in [-0.3, -0.25) is 0 Å². The van der Waals surface area contributed by atoms with Gasteiger partial charge in [0.15, 0.2) is 0 Å². The van der Waals surface area contributed by atoms with Gasteiger partial charge in [0.25, 0.3) is 0 Å². The molecule has 0 saturated carbocycles. The quantitative estimate of drug-likeness (QED) is 0.707. The normalized spacial score (nSPS) is 9.88. The van der Waals surface area contributed by atoms with Crippen molar-refractivity contribution in [2.24, 2.45) is 0 Å². The largest absolute Gasteiger partial charge is 0.494 e. The van der Waals surface area contributed by atoms with E-state index >= 15 is 0 Å². The predicted molar refractivity (Wildman–Crippen MR) is 65.6 cm³/mol. The molecule has 0 N–H and O–H groups in total. The first-order valence-electron chi connectivity index (χ1n) is 5.79. The minimum absolute atomic E-state index is 0.631. The fraction of sp³-hybridized carbons (Fsp3) is 0.500. The van der Waals surface area contributed by atoms with Crippen LogP contribution in [0.25, 0.3) is 0 Å². The molecule has 0 atom stereocenters. The van der Waals surface area contributed by atoms with Crippen molar-refractivity contribution in [3.63, 3.8) is 0 Å². The van der Waals surface area contributed by atoms with Crippen molar-refractivity contribution >= 4 is 0 Å². The van der Waals surface area contributed by atoms with Crippen molar-refractivity contribution in [1.29, 1.82) is 5.26 Å². The number of nitriles is 1. The lowest BCUT2D eigenvalue weighted by Gasteiger charge is -2.12.